The Morgan fingerprint density at radius 1 is 0.957 bits per heavy atom. The summed E-state index contributed by atoms with van der Waals surface area (Å²) < 4.78 is 0. The van der Waals surface area contributed by atoms with Crippen LogP contribution in [0.15, 0.2) is 66.7 Å². The van der Waals surface area contributed by atoms with Crippen molar-refractivity contribution in [3.63, 3.8) is 0 Å². The lowest BCUT2D eigenvalue weighted by atomic mass is 10.2. The highest BCUT2D eigenvalue weighted by Crippen LogP contribution is 2.08. The minimum Gasteiger partial charge on any atom is -0.370 e. The van der Waals surface area contributed by atoms with E-state index in [0.717, 1.165) is 11.1 Å². The summed E-state index contributed by atoms with van der Waals surface area (Å²) in [4.78, 5) is 25.1. The minimum absolute atomic E-state index is 0.140. The van der Waals surface area contributed by atoms with E-state index in [-0.39, 0.29) is 12.3 Å². The summed E-state index contributed by atoms with van der Waals surface area (Å²) in [5, 5.41) is 0. The molecule has 0 aliphatic heterocycles. The van der Waals surface area contributed by atoms with E-state index in [4.69, 9.17) is 5.73 Å². The minimum atomic E-state index is -0.414. The van der Waals surface area contributed by atoms with Crippen LogP contribution < -0.4 is 5.73 Å². The Morgan fingerprint density at radius 2 is 1.57 bits per heavy atom. The van der Waals surface area contributed by atoms with Crippen LogP contribution in [0, 0.1) is 0 Å². The van der Waals surface area contributed by atoms with Crippen LogP contribution in [-0.2, 0) is 16.1 Å². The first-order valence-electron chi connectivity index (χ1n) is 7.49. The van der Waals surface area contributed by atoms with Gasteiger partial charge in [-0.15, -0.1) is 0 Å². The fourth-order valence-corrected chi connectivity index (χ4v) is 2.15. The molecule has 0 heterocycles. The summed E-state index contributed by atoms with van der Waals surface area (Å²) in [6.07, 6.45) is 3.45. The van der Waals surface area contributed by atoms with E-state index < -0.39 is 5.91 Å². The number of hydrogen-bond acceptors (Lipinski definition) is 2. The van der Waals surface area contributed by atoms with Gasteiger partial charge >= 0.3 is 0 Å². The van der Waals surface area contributed by atoms with Gasteiger partial charge in [-0.05, 0) is 17.2 Å². The Balaban J connectivity index is 2.07. The Labute approximate surface area is 136 Å². The zero-order valence-electron chi connectivity index (χ0n) is 12.9. The molecule has 4 heteroatoms. The van der Waals surface area contributed by atoms with Crippen molar-refractivity contribution >= 4 is 17.9 Å². The summed E-state index contributed by atoms with van der Waals surface area (Å²) in [7, 11) is 0. The Morgan fingerprint density at radius 3 is 2.17 bits per heavy atom. The number of rotatable bonds is 7. The number of carbonyl (C=O) groups is 2. The summed E-state index contributed by atoms with van der Waals surface area (Å²) in [6.45, 7) is 0.758. The van der Waals surface area contributed by atoms with Gasteiger partial charge in [-0.1, -0.05) is 60.7 Å². The maximum Gasteiger partial charge on any atom is 0.246 e. The van der Waals surface area contributed by atoms with Gasteiger partial charge in [0.1, 0.15) is 0 Å². The Bertz CT molecular complexity index is 666. The summed E-state index contributed by atoms with van der Waals surface area (Å²) in [6, 6.07) is 19.3. The summed E-state index contributed by atoms with van der Waals surface area (Å²) >= 11 is 0. The maximum atomic E-state index is 12.4. The van der Waals surface area contributed by atoms with E-state index in [2.05, 4.69) is 0 Å². The third-order valence-electron chi connectivity index (χ3n) is 3.37. The van der Waals surface area contributed by atoms with E-state index in [1.54, 1.807) is 11.0 Å². The van der Waals surface area contributed by atoms with Gasteiger partial charge in [-0.25, -0.2) is 0 Å². The topological polar surface area (TPSA) is 63.4 Å². The predicted molar refractivity (Wildman–Crippen MR) is 91.1 cm³/mol. The molecule has 23 heavy (non-hydrogen) atoms. The van der Waals surface area contributed by atoms with E-state index in [0.29, 0.717) is 13.1 Å². The summed E-state index contributed by atoms with van der Waals surface area (Å²) in [5.74, 6) is -0.554. The lowest BCUT2D eigenvalue weighted by molar-refractivity contribution is -0.127. The fourth-order valence-electron chi connectivity index (χ4n) is 2.15. The molecule has 0 aromatic heterocycles. The monoisotopic (exact) mass is 308 g/mol. The third kappa shape index (κ3) is 5.79. The molecule has 0 saturated carbocycles. The summed E-state index contributed by atoms with van der Waals surface area (Å²) in [5.41, 5.74) is 7.17. The number of nitrogens with two attached hydrogens (primary N) is 1. The largest absolute Gasteiger partial charge is 0.370 e. The van der Waals surface area contributed by atoms with E-state index >= 15 is 0 Å². The van der Waals surface area contributed by atoms with Crippen LogP contribution in [0.5, 0.6) is 0 Å². The molecule has 0 saturated heterocycles. The zero-order valence-corrected chi connectivity index (χ0v) is 12.9. The second-order valence-corrected chi connectivity index (χ2v) is 5.21. The standard InChI is InChI=1S/C19H20N2O2/c20-18(22)13-14-21(15-17-9-5-2-6-10-17)19(23)12-11-16-7-3-1-4-8-16/h1-12H,13-15H2,(H2,20,22)/b12-11+. The van der Waals surface area contributed by atoms with Crippen molar-refractivity contribution in [1.82, 2.24) is 4.90 Å². The van der Waals surface area contributed by atoms with Crippen molar-refractivity contribution in [2.45, 2.75) is 13.0 Å². The molecular formula is C19H20N2O2. The van der Waals surface area contributed by atoms with Gasteiger partial charge in [-0.3, -0.25) is 9.59 Å². The highest BCUT2D eigenvalue weighted by Gasteiger charge is 2.12. The van der Waals surface area contributed by atoms with Crippen molar-refractivity contribution in [2.24, 2.45) is 5.73 Å². The zero-order chi connectivity index (χ0) is 16.5. The molecule has 2 aromatic carbocycles. The van der Waals surface area contributed by atoms with E-state index in [1.807, 2.05) is 60.7 Å². The van der Waals surface area contributed by atoms with Crippen molar-refractivity contribution in [3.05, 3.63) is 77.9 Å². The van der Waals surface area contributed by atoms with Gasteiger partial charge in [0.2, 0.25) is 11.8 Å². The van der Waals surface area contributed by atoms with Crippen molar-refractivity contribution < 1.29 is 9.59 Å². The molecule has 0 aliphatic rings. The average molecular weight is 308 g/mol. The molecular weight excluding hydrogens is 288 g/mol. The highest BCUT2D eigenvalue weighted by molar-refractivity contribution is 5.92. The molecule has 2 amide bonds. The Hall–Kier alpha value is -2.88. The predicted octanol–water partition coefficient (Wildman–Crippen LogP) is 2.60. The molecule has 0 fully saturated rings. The molecule has 2 rings (SSSR count). The molecule has 0 aliphatic carbocycles. The fraction of sp³-hybridized carbons (Fsp3) is 0.158. The molecule has 0 spiro atoms. The number of benzene rings is 2. The van der Waals surface area contributed by atoms with Crippen LogP contribution in [0.3, 0.4) is 0 Å². The number of hydrogen-bond donors (Lipinski definition) is 1. The molecule has 4 nitrogen and oxygen atoms in total. The molecule has 0 bridgehead atoms. The molecule has 0 radical (unpaired) electrons. The number of amides is 2. The second kappa shape index (κ2) is 8.54. The van der Waals surface area contributed by atoms with Gasteiger partial charge < -0.3 is 10.6 Å². The first-order chi connectivity index (χ1) is 11.1. The molecule has 118 valence electrons. The number of primary amides is 1. The van der Waals surface area contributed by atoms with Crippen LogP contribution in [0.4, 0.5) is 0 Å². The number of nitrogens with zero attached hydrogens (tertiary/aromatic N) is 1. The highest BCUT2D eigenvalue weighted by atomic mass is 16.2. The smallest absolute Gasteiger partial charge is 0.246 e. The van der Waals surface area contributed by atoms with Crippen LogP contribution in [0.25, 0.3) is 6.08 Å². The van der Waals surface area contributed by atoms with Crippen LogP contribution in [0.1, 0.15) is 17.5 Å². The first-order valence-corrected chi connectivity index (χ1v) is 7.49. The third-order valence-corrected chi connectivity index (χ3v) is 3.37. The number of carbonyl (C=O) groups excluding carboxylic acids is 2. The van der Waals surface area contributed by atoms with Gasteiger partial charge in [0, 0.05) is 25.6 Å². The van der Waals surface area contributed by atoms with Gasteiger partial charge in [0.25, 0.3) is 0 Å². The maximum absolute atomic E-state index is 12.4. The van der Waals surface area contributed by atoms with E-state index in [1.165, 1.54) is 6.08 Å². The van der Waals surface area contributed by atoms with E-state index in [9.17, 15) is 9.59 Å². The first kappa shape index (κ1) is 16.5. The van der Waals surface area contributed by atoms with Gasteiger partial charge in [0.05, 0.1) is 0 Å². The van der Waals surface area contributed by atoms with Crippen LogP contribution in [0.2, 0.25) is 0 Å². The molecule has 0 atom stereocenters. The van der Waals surface area contributed by atoms with Gasteiger partial charge in [0.15, 0.2) is 0 Å². The normalized spacial score (nSPS) is 10.6. The van der Waals surface area contributed by atoms with Crippen LogP contribution >= 0.6 is 0 Å². The van der Waals surface area contributed by atoms with Crippen molar-refractivity contribution in [2.75, 3.05) is 6.54 Å². The van der Waals surface area contributed by atoms with Gasteiger partial charge in [-0.2, -0.15) is 0 Å². The molecule has 0 unspecified atom stereocenters. The molecule has 2 aromatic rings. The quantitative estimate of drug-likeness (QED) is 0.799. The average Bonchev–Trinajstić information content (AvgIpc) is 2.58. The van der Waals surface area contributed by atoms with Crippen molar-refractivity contribution in [3.8, 4) is 0 Å². The van der Waals surface area contributed by atoms with Crippen molar-refractivity contribution in [1.29, 1.82) is 0 Å². The van der Waals surface area contributed by atoms with Crippen LogP contribution in [-0.4, -0.2) is 23.3 Å². The second-order valence-electron chi connectivity index (χ2n) is 5.21. The lowest BCUT2D eigenvalue weighted by Gasteiger charge is -2.20. The lowest BCUT2D eigenvalue weighted by Crippen LogP contribution is -2.32. The SMILES string of the molecule is NC(=O)CCN(Cc1ccccc1)C(=O)/C=C/c1ccccc1. The molecule has 2 N–H and O–H groups in total. The Kier molecular flexibility index (Phi) is 6.12.